The van der Waals surface area contributed by atoms with Gasteiger partial charge in [-0.2, -0.15) is 4.09 Å². The molecule has 0 unspecified atom stereocenters. The van der Waals surface area contributed by atoms with Gasteiger partial charge in [0.25, 0.3) is 8.32 Å². The normalized spacial score (nSPS) is 12.8. The van der Waals surface area contributed by atoms with E-state index in [2.05, 4.69) is 41.5 Å². The van der Waals surface area contributed by atoms with Gasteiger partial charge in [0, 0.05) is 17.8 Å². The molecule has 1 aromatic carbocycles. The summed E-state index contributed by atoms with van der Waals surface area (Å²) in [6.07, 6.45) is 0. The van der Waals surface area contributed by atoms with Crippen LogP contribution in [0.1, 0.15) is 41.5 Å². The van der Waals surface area contributed by atoms with Crippen LogP contribution in [0, 0.1) is 0 Å². The lowest BCUT2D eigenvalue weighted by molar-refractivity contribution is 0.478. The van der Waals surface area contributed by atoms with E-state index in [0.29, 0.717) is 27.7 Å². The molecule has 1 aromatic heterocycles. The number of oxazole rings is 1. The Balaban J connectivity index is 2.48. The van der Waals surface area contributed by atoms with Crippen LogP contribution in [0.25, 0.3) is 11.1 Å². The summed E-state index contributed by atoms with van der Waals surface area (Å²) in [5.41, 5.74) is 2.45. The first-order valence-corrected chi connectivity index (χ1v) is 10.2. The van der Waals surface area contributed by atoms with Gasteiger partial charge in [0.05, 0.1) is 0 Å². The van der Waals surface area contributed by atoms with Crippen LogP contribution in [-0.4, -0.2) is 12.4 Å². The third-order valence-electron chi connectivity index (χ3n) is 4.50. The van der Waals surface area contributed by atoms with Gasteiger partial charge < -0.3 is 8.84 Å². The first kappa shape index (κ1) is 17.2. The molecule has 0 fully saturated rings. The first-order valence-electron chi connectivity index (χ1n) is 7.71. The smallest absolute Gasteiger partial charge is 0.434 e. The molecule has 2 aromatic rings. The maximum absolute atomic E-state index is 11.5. The molecule has 0 aliphatic rings. The van der Waals surface area contributed by atoms with Crippen molar-refractivity contribution in [2.45, 2.75) is 58.2 Å². The van der Waals surface area contributed by atoms with Crippen LogP contribution in [-0.2, 0) is 0 Å². The third kappa shape index (κ3) is 2.72. The van der Waals surface area contributed by atoms with Crippen molar-refractivity contribution in [1.29, 1.82) is 0 Å². The summed E-state index contributed by atoms with van der Waals surface area (Å²) >= 11 is 5.86. The van der Waals surface area contributed by atoms with E-state index >= 15 is 0 Å². The molecule has 0 atom stereocenters. The highest BCUT2D eigenvalue weighted by Gasteiger charge is 2.47. The van der Waals surface area contributed by atoms with Crippen molar-refractivity contribution in [2.75, 3.05) is 0 Å². The topological polar surface area (TPSA) is 44.4 Å². The minimum Gasteiger partial charge on any atom is -0.543 e. The molecule has 0 spiro atoms. The van der Waals surface area contributed by atoms with E-state index in [4.69, 9.17) is 20.6 Å². The summed E-state index contributed by atoms with van der Waals surface area (Å²) in [4.78, 5) is 11.5. The molecule has 22 heavy (non-hydrogen) atoms. The molecule has 0 saturated carbocycles. The number of hydrogen-bond acceptors (Lipinski definition) is 3. The summed E-state index contributed by atoms with van der Waals surface area (Å²) in [5, 5.41) is 0. The van der Waals surface area contributed by atoms with E-state index < -0.39 is 14.1 Å². The Kier molecular flexibility index (Phi) is 4.78. The Bertz CT molecular complexity index is 696. The Morgan fingerprint density at radius 1 is 1.09 bits per heavy atom. The van der Waals surface area contributed by atoms with Crippen molar-refractivity contribution in [3.8, 4) is 5.75 Å². The van der Waals surface area contributed by atoms with Crippen molar-refractivity contribution in [3.05, 3.63) is 28.7 Å². The maximum atomic E-state index is 11.5. The van der Waals surface area contributed by atoms with E-state index in [9.17, 15) is 4.79 Å². The average Bonchev–Trinajstić information content (AvgIpc) is 2.69. The molecule has 6 heteroatoms. The highest BCUT2D eigenvalue weighted by Crippen LogP contribution is 2.43. The number of benzene rings is 1. The SMILES string of the molecule is CC(C)[Si](Oc1ccc2c(c1)oc(=O)n2Cl)(C(C)C)C(C)C. The molecule has 122 valence electrons. The van der Waals surface area contributed by atoms with E-state index in [1.54, 1.807) is 12.1 Å². The predicted molar refractivity (Wildman–Crippen MR) is 93.4 cm³/mol. The fourth-order valence-electron chi connectivity index (χ4n) is 3.59. The van der Waals surface area contributed by atoms with Gasteiger partial charge in [-0.05, 0) is 28.8 Å². The number of aromatic nitrogens is 1. The van der Waals surface area contributed by atoms with Gasteiger partial charge in [-0.1, -0.05) is 41.5 Å². The second-order valence-corrected chi connectivity index (χ2v) is 12.4. The quantitative estimate of drug-likeness (QED) is 0.706. The highest BCUT2D eigenvalue weighted by atomic mass is 35.5. The minimum atomic E-state index is -2.02. The molecular formula is C16H24ClNO3Si. The fourth-order valence-corrected chi connectivity index (χ4v) is 9.01. The molecule has 4 nitrogen and oxygen atoms in total. The zero-order chi connectivity index (χ0) is 16.7. The van der Waals surface area contributed by atoms with E-state index in [1.807, 2.05) is 6.07 Å². The second kappa shape index (κ2) is 6.12. The molecule has 0 N–H and O–H groups in total. The average molecular weight is 342 g/mol. The monoisotopic (exact) mass is 341 g/mol. The minimum absolute atomic E-state index is 0.455. The number of fused-ring (bicyclic) bond motifs is 1. The summed E-state index contributed by atoms with van der Waals surface area (Å²) in [7, 11) is -2.02. The Hall–Kier alpha value is -1.20. The van der Waals surface area contributed by atoms with Crippen molar-refractivity contribution in [2.24, 2.45) is 0 Å². The zero-order valence-corrected chi connectivity index (χ0v) is 15.8. The molecule has 0 saturated heterocycles. The van der Waals surface area contributed by atoms with Crippen molar-refractivity contribution < 1.29 is 8.84 Å². The predicted octanol–water partition coefficient (Wildman–Crippen LogP) is 5.15. The van der Waals surface area contributed by atoms with Gasteiger partial charge >= 0.3 is 5.76 Å². The largest absolute Gasteiger partial charge is 0.543 e. The van der Waals surface area contributed by atoms with Crippen molar-refractivity contribution in [1.82, 2.24) is 4.09 Å². The Morgan fingerprint density at radius 3 is 2.14 bits per heavy atom. The van der Waals surface area contributed by atoms with Crippen LogP contribution >= 0.6 is 11.8 Å². The van der Waals surface area contributed by atoms with Crippen LogP contribution in [0.15, 0.2) is 27.4 Å². The summed E-state index contributed by atoms with van der Waals surface area (Å²) < 4.78 is 12.7. The van der Waals surface area contributed by atoms with Gasteiger partial charge in [0.15, 0.2) is 5.58 Å². The zero-order valence-electron chi connectivity index (χ0n) is 14.0. The molecule has 0 radical (unpaired) electrons. The van der Waals surface area contributed by atoms with Gasteiger partial charge in [0.1, 0.15) is 11.3 Å². The highest BCUT2D eigenvalue weighted by molar-refractivity contribution is 6.78. The molecule has 0 bridgehead atoms. The van der Waals surface area contributed by atoms with Gasteiger partial charge in [0.2, 0.25) is 0 Å². The lowest BCUT2D eigenvalue weighted by Crippen LogP contribution is -2.50. The molecular weight excluding hydrogens is 318 g/mol. The third-order valence-corrected chi connectivity index (χ3v) is 10.8. The number of nitrogens with zero attached hydrogens (tertiary/aromatic N) is 1. The van der Waals surface area contributed by atoms with Crippen molar-refractivity contribution >= 4 is 31.2 Å². The van der Waals surface area contributed by atoms with E-state index in [1.165, 1.54) is 0 Å². The molecule has 1 heterocycles. The fraction of sp³-hybridized carbons (Fsp3) is 0.562. The number of hydrogen-bond donors (Lipinski definition) is 0. The van der Waals surface area contributed by atoms with E-state index in [-0.39, 0.29) is 0 Å². The van der Waals surface area contributed by atoms with Crippen LogP contribution in [0.3, 0.4) is 0 Å². The lowest BCUT2D eigenvalue weighted by Gasteiger charge is -2.42. The Labute approximate surface area is 137 Å². The van der Waals surface area contributed by atoms with Gasteiger partial charge in [-0.25, -0.2) is 4.79 Å². The first-order chi connectivity index (χ1) is 10.2. The molecule has 2 rings (SSSR count). The molecule has 0 amide bonds. The Morgan fingerprint density at radius 2 is 1.64 bits per heavy atom. The van der Waals surface area contributed by atoms with Crippen LogP contribution < -0.4 is 10.2 Å². The van der Waals surface area contributed by atoms with Gasteiger partial charge in [-0.3, -0.25) is 0 Å². The van der Waals surface area contributed by atoms with Crippen LogP contribution in [0.2, 0.25) is 16.6 Å². The maximum Gasteiger partial charge on any atom is 0.434 e. The van der Waals surface area contributed by atoms with E-state index in [0.717, 1.165) is 9.84 Å². The van der Waals surface area contributed by atoms with Crippen molar-refractivity contribution in [3.63, 3.8) is 0 Å². The standard InChI is InChI=1S/C16H24ClNO3Si/c1-10(2)22(11(3)4,12(5)6)21-13-7-8-14-15(9-13)20-16(19)18(14)17/h7-12H,1-6H3. The number of halogens is 1. The molecule has 0 aliphatic heterocycles. The summed E-state index contributed by atoms with van der Waals surface area (Å²) in [6, 6.07) is 5.40. The summed E-state index contributed by atoms with van der Waals surface area (Å²) in [5.74, 6) is 0.176. The van der Waals surface area contributed by atoms with Crippen LogP contribution in [0.5, 0.6) is 5.75 Å². The second-order valence-electron chi connectivity index (χ2n) is 6.70. The van der Waals surface area contributed by atoms with Crippen LogP contribution in [0.4, 0.5) is 0 Å². The lowest BCUT2D eigenvalue weighted by atomic mass is 10.3. The molecule has 0 aliphatic carbocycles. The van der Waals surface area contributed by atoms with Gasteiger partial charge in [-0.15, -0.1) is 0 Å². The summed E-state index contributed by atoms with van der Waals surface area (Å²) in [6.45, 7) is 13.4. The number of rotatable bonds is 5.